The van der Waals surface area contributed by atoms with E-state index in [-0.39, 0.29) is 28.2 Å². The Bertz CT molecular complexity index is 1330. The number of amides is 1. The fourth-order valence-electron chi connectivity index (χ4n) is 3.68. The Hall–Kier alpha value is -3.82. The van der Waals surface area contributed by atoms with Gasteiger partial charge in [0.2, 0.25) is 0 Å². The van der Waals surface area contributed by atoms with Crippen molar-refractivity contribution in [3.05, 3.63) is 79.6 Å². The summed E-state index contributed by atoms with van der Waals surface area (Å²) in [5.41, 5.74) is -3.14. The van der Waals surface area contributed by atoms with E-state index >= 15 is 0 Å². The second kappa shape index (κ2) is 9.09. The smallest absolute Gasteiger partial charge is 0.416 e. The van der Waals surface area contributed by atoms with Gasteiger partial charge in [0.25, 0.3) is 16.8 Å². The summed E-state index contributed by atoms with van der Waals surface area (Å²) in [6.45, 7) is 5.35. The molecule has 0 fully saturated rings. The Morgan fingerprint density at radius 3 is 2.14 bits per heavy atom. The molecule has 0 radical (unpaired) electrons. The third-order valence-electron chi connectivity index (χ3n) is 5.54. The standard InChI is InChI=1S/C25H26F3N3O4/c1-24(2,3)22(13-8-6-9-14(12-13)25(26,27)28)30-18-17(20(33)21(18)34)29-16-11-7-10-15(19(16)32)23(35)31(4)5/h6-12,22,29-30,32H,1-5H3. The molecule has 0 saturated heterocycles. The zero-order chi connectivity index (χ0) is 26.3. The lowest BCUT2D eigenvalue weighted by atomic mass is 9.81. The fourth-order valence-corrected chi connectivity index (χ4v) is 3.68. The molecule has 1 unspecified atom stereocenters. The number of hydrogen-bond donors (Lipinski definition) is 3. The van der Waals surface area contributed by atoms with Gasteiger partial charge in [-0.05, 0) is 35.2 Å². The Morgan fingerprint density at radius 2 is 1.57 bits per heavy atom. The van der Waals surface area contributed by atoms with Gasteiger partial charge >= 0.3 is 6.18 Å². The Morgan fingerprint density at radius 1 is 0.971 bits per heavy atom. The number of hydrogen-bond acceptors (Lipinski definition) is 6. The molecule has 1 amide bonds. The van der Waals surface area contributed by atoms with Crippen molar-refractivity contribution in [2.24, 2.45) is 5.41 Å². The van der Waals surface area contributed by atoms with Gasteiger partial charge in [0, 0.05) is 14.1 Å². The number of alkyl halides is 3. The lowest BCUT2D eigenvalue weighted by molar-refractivity contribution is -0.137. The van der Waals surface area contributed by atoms with Gasteiger partial charge in [0.1, 0.15) is 11.4 Å². The number of phenols is 1. The highest BCUT2D eigenvalue weighted by Gasteiger charge is 2.35. The summed E-state index contributed by atoms with van der Waals surface area (Å²) in [5, 5.41) is 16.2. The van der Waals surface area contributed by atoms with E-state index in [0.717, 1.165) is 12.1 Å². The van der Waals surface area contributed by atoms with E-state index in [4.69, 9.17) is 0 Å². The molecule has 0 bridgehead atoms. The number of carbonyl (C=O) groups is 1. The van der Waals surface area contributed by atoms with Crippen LogP contribution in [-0.4, -0.2) is 30.0 Å². The first-order valence-electron chi connectivity index (χ1n) is 10.7. The molecule has 35 heavy (non-hydrogen) atoms. The minimum absolute atomic E-state index is 0.00950. The van der Waals surface area contributed by atoms with Gasteiger partial charge in [-0.2, -0.15) is 13.2 Å². The van der Waals surface area contributed by atoms with Crippen LogP contribution in [0.2, 0.25) is 0 Å². The van der Waals surface area contributed by atoms with Crippen molar-refractivity contribution < 1.29 is 23.1 Å². The molecule has 3 rings (SSSR count). The molecule has 186 valence electrons. The number of aromatic hydroxyl groups is 1. The zero-order valence-electron chi connectivity index (χ0n) is 19.9. The number of anilines is 3. The highest BCUT2D eigenvalue weighted by atomic mass is 19.4. The van der Waals surface area contributed by atoms with E-state index in [1.165, 1.54) is 49.3 Å². The van der Waals surface area contributed by atoms with Crippen LogP contribution in [0, 0.1) is 5.41 Å². The van der Waals surface area contributed by atoms with Gasteiger partial charge in [-0.1, -0.05) is 39.0 Å². The van der Waals surface area contributed by atoms with E-state index in [1.807, 2.05) is 0 Å². The molecule has 0 aromatic heterocycles. The number of para-hydroxylation sites is 1. The molecule has 1 atom stereocenters. The lowest BCUT2D eigenvalue weighted by Gasteiger charge is -2.34. The monoisotopic (exact) mass is 489 g/mol. The molecule has 3 N–H and O–H groups in total. The largest absolute Gasteiger partial charge is 0.505 e. The van der Waals surface area contributed by atoms with E-state index in [2.05, 4.69) is 10.6 Å². The minimum Gasteiger partial charge on any atom is -0.505 e. The van der Waals surface area contributed by atoms with E-state index in [1.54, 1.807) is 20.8 Å². The van der Waals surface area contributed by atoms with Gasteiger partial charge < -0.3 is 20.6 Å². The fraction of sp³-hybridized carbons (Fsp3) is 0.320. The van der Waals surface area contributed by atoms with Gasteiger partial charge in [0.05, 0.1) is 22.9 Å². The summed E-state index contributed by atoms with van der Waals surface area (Å²) in [5.74, 6) is -0.873. The maximum Gasteiger partial charge on any atom is 0.416 e. The average molecular weight is 489 g/mol. The second-order valence-corrected chi connectivity index (χ2v) is 9.50. The van der Waals surface area contributed by atoms with E-state index < -0.39 is 45.7 Å². The Balaban J connectivity index is 2.00. The number of nitrogens with zero attached hydrogens (tertiary/aromatic N) is 1. The second-order valence-electron chi connectivity index (χ2n) is 9.50. The van der Waals surface area contributed by atoms with Crippen molar-refractivity contribution in [2.75, 3.05) is 24.7 Å². The van der Waals surface area contributed by atoms with Gasteiger partial charge in [0.15, 0.2) is 5.75 Å². The maximum absolute atomic E-state index is 13.3. The normalized spacial score (nSPS) is 12.9. The molecular formula is C25H26F3N3O4. The average Bonchev–Trinajstić information content (AvgIpc) is 2.77. The number of carbonyl (C=O) groups excluding carboxylic acids is 1. The van der Waals surface area contributed by atoms with Crippen LogP contribution in [0.3, 0.4) is 0 Å². The molecule has 0 aliphatic rings. The summed E-state index contributed by atoms with van der Waals surface area (Å²) < 4.78 is 39.8. The van der Waals surface area contributed by atoms with Crippen molar-refractivity contribution in [3.8, 4) is 5.75 Å². The first-order chi connectivity index (χ1) is 16.1. The molecule has 10 heteroatoms. The number of halogens is 3. The van der Waals surface area contributed by atoms with Gasteiger partial charge in [-0.25, -0.2) is 0 Å². The third kappa shape index (κ3) is 5.16. The molecular weight excluding hydrogens is 463 g/mol. The topological polar surface area (TPSA) is 98.7 Å². The zero-order valence-corrected chi connectivity index (χ0v) is 19.9. The van der Waals surface area contributed by atoms with Crippen molar-refractivity contribution in [1.29, 1.82) is 0 Å². The Kier molecular flexibility index (Phi) is 6.70. The molecule has 3 aromatic rings. The number of nitrogens with one attached hydrogen (secondary N) is 2. The van der Waals surface area contributed by atoms with Crippen molar-refractivity contribution in [3.63, 3.8) is 0 Å². The summed E-state index contributed by atoms with van der Waals surface area (Å²) in [7, 11) is 3.03. The lowest BCUT2D eigenvalue weighted by Crippen LogP contribution is -2.39. The van der Waals surface area contributed by atoms with Crippen molar-refractivity contribution in [1.82, 2.24) is 4.90 Å². The van der Waals surface area contributed by atoms with Crippen molar-refractivity contribution >= 4 is 23.0 Å². The van der Waals surface area contributed by atoms with E-state index in [9.17, 15) is 32.7 Å². The molecule has 0 saturated carbocycles. The quantitative estimate of drug-likeness (QED) is 0.344. The SMILES string of the molecule is CN(C)C(=O)c1cccc(Nc2c(NC(c3cccc(C(F)(F)F)c3)C(C)(C)C)c(=O)c2=O)c1O. The predicted molar refractivity (Wildman–Crippen MR) is 128 cm³/mol. The van der Waals surface area contributed by atoms with Crippen LogP contribution in [0.4, 0.5) is 30.2 Å². The van der Waals surface area contributed by atoms with Crippen LogP contribution in [0.5, 0.6) is 5.75 Å². The molecule has 3 aromatic carbocycles. The van der Waals surface area contributed by atoms with E-state index in [0.29, 0.717) is 0 Å². The molecule has 0 aliphatic carbocycles. The highest BCUT2D eigenvalue weighted by molar-refractivity contribution is 5.99. The maximum atomic E-state index is 13.3. The molecule has 7 nitrogen and oxygen atoms in total. The first kappa shape index (κ1) is 25.8. The summed E-state index contributed by atoms with van der Waals surface area (Å²) in [6.07, 6.45) is -4.54. The van der Waals surface area contributed by atoms with Crippen LogP contribution in [0.1, 0.15) is 48.3 Å². The van der Waals surface area contributed by atoms with Crippen LogP contribution >= 0.6 is 0 Å². The number of rotatable bonds is 6. The first-order valence-corrected chi connectivity index (χ1v) is 10.7. The van der Waals surface area contributed by atoms with Crippen LogP contribution in [0.15, 0.2) is 52.1 Å². The molecule has 0 spiro atoms. The van der Waals surface area contributed by atoms with Crippen molar-refractivity contribution in [2.45, 2.75) is 33.0 Å². The van der Waals surface area contributed by atoms with Crippen LogP contribution in [0.25, 0.3) is 0 Å². The minimum atomic E-state index is -4.54. The summed E-state index contributed by atoms with van der Waals surface area (Å²) in [6, 6.07) is 8.33. The Labute approximate surface area is 199 Å². The summed E-state index contributed by atoms with van der Waals surface area (Å²) >= 11 is 0. The third-order valence-corrected chi connectivity index (χ3v) is 5.54. The highest BCUT2D eigenvalue weighted by Crippen LogP contribution is 2.40. The summed E-state index contributed by atoms with van der Waals surface area (Å²) in [4.78, 5) is 38.3. The van der Waals surface area contributed by atoms with Gasteiger partial charge in [-0.15, -0.1) is 0 Å². The number of phenolic OH excluding ortho intramolecular Hbond substituents is 1. The predicted octanol–water partition coefficient (Wildman–Crippen LogP) is 4.65. The van der Waals surface area contributed by atoms with Crippen LogP contribution < -0.4 is 21.5 Å². The van der Waals surface area contributed by atoms with Gasteiger partial charge in [-0.3, -0.25) is 14.4 Å². The number of benzene rings is 2. The molecule has 0 aliphatic heterocycles. The van der Waals surface area contributed by atoms with Crippen LogP contribution in [-0.2, 0) is 6.18 Å². The molecule has 0 heterocycles.